The molecule has 0 saturated carbocycles. The van der Waals surface area contributed by atoms with E-state index in [2.05, 4.69) is 76.0 Å². The fourth-order valence-electron chi connectivity index (χ4n) is 2.88. The molecule has 2 nitrogen and oxygen atoms in total. The Balaban J connectivity index is 2.18. The molecule has 1 unspecified atom stereocenters. The first-order valence-corrected chi connectivity index (χ1v) is 7.49. The van der Waals surface area contributed by atoms with Crippen LogP contribution in [-0.2, 0) is 0 Å². The molecule has 0 aliphatic carbocycles. The highest BCUT2D eigenvalue weighted by Gasteiger charge is 2.13. The Morgan fingerprint density at radius 2 is 1.52 bits per heavy atom. The van der Waals surface area contributed by atoms with Gasteiger partial charge in [-0.15, -0.1) is 0 Å². The van der Waals surface area contributed by atoms with E-state index in [4.69, 9.17) is 5.73 Å². The van der Waals surface area contributed by atoms with Gasteiger partial charge in [-0.2, -0.15) is 0 Å². The second-order valence-electron chi connectivity index (χ2n) is 6.14. The lowest BCUT2D eigenvalue weighted by molar-refractivity contribution is 0.697. The average molecular weight is 282 g/mol. The lowest BCUT2D eigenvalue weighted by Gasteiger charge is -2.26. The number of likely N-dealkylation sites (N-methyl/N-ethyl adjacent to an activating group) is 1. The second kappa shape index (κ2) is 6.31. The van der Waals surface area contributed by atoms with E-state index in [0.717, 1.165) is 6.54 Å². The van der Waals surface area contributed by atoms with Crippen molar-refractivity contribution in [2.75, 3.05) is 18.5 Å². The lowest BCUT2D eigenvalue weighted by Crippen LogP contribution is -2.30. The molecule has 0 fully saturated rings. The van der Waals surface area contributed by atoms with Gasteiger partial charge in [-0.25, -0.2) is 0 Å². The zero-order valence-corrected chi connectivity index (χ0v) is 13.8. The molecule has 0 aliphatic rings. The van der Waals surface area contributed by atoms with E-state index in [-0.39, 0.29) is 6.04 Å². The third-order valence-electron chi connectivity index (χ3n) is 4.07. The predicted octanol–water partition coefficient (Wildman–Crippen LogP) is 4.06. The van der Waals surface area contributed by atoms with Gasteiger partial charge < -0.3 is 10.6 Å². The molecule has 0 aromatic heterocycles. The summed E-state index contributed by atoms with van der Waals surface area (Å²) in [5.74, 6) is 0. The molecule has 0 aliphatic heterocycles. The van der Waals surface area contributed by atoms with Crippen molar-refractivity contribution in [1.82, 2.24) is 0 Å². The minimum atomic E-state index is 0.0237. The summed E-state index contributed by atoms with van der Waals surface area (Å²) in [5.41, 5.74) is 14.1. The second-order valence-corrected chi connectivity index (χ2v) is 6.14. The van der Waals surface area contributed by atoms with Crippen LogP contribution in [0.3, 0.4) is 0 Å². The van der Waals surface area contributed by atoms with Gasteiger partial charge in [0.15, 0.2) is 0 Å². The molecular formula is C19H26N2. The maximum atomic E-state index is 6.44. The van der Waals surface area contributed by atoms with E-state index < -0.39 is 0 Å². The number of benzene rings is 2. The highest BCUT2D eigenvalue weighted by atomic mass is 15.1. The summed E-state index contributed by atoms with van der Waals surface area (Å²) < 4.78 is 0. The van der Waals surface area contributed by atoms with Gasteiger partial charge in [-0.3, -0.25) is 0 Å². The number of rotatable bonds is 4. The van der Waals surface area contributed by atoms with Gasteiger partial charge in [0.2, 0.25) is 0 Å². The predicted molar refractivity (Wildman–Crippen MR) is 92.0 cm³/mol. The first-order chi connectivity index (χ1) is 9.88. The Morgan fingerprint density at radius 1 is 0.905 bits per heavy atom. The van der Waals surface area contributed by atoms with Crippen molar-refractivity contribution in [3.63, 3.8) is 0 Å². The number of nitrogens with two attached hydrogens (primary N) is 1. The molecule has 2 aromatic carbocycles. The van der Waals surface area contributed by atoms with Crippen LogP contribution in [0, 0.1) is 27.7 Å². The number of anilines is 1. The summed E-state index contributed by atoms with van der Waals surface area (Å²) in [6.45, 7) is 9.34. The molecule has 0 saturated heterocycles. The fraction of sp³-hybridized carbons (Fsp3) is 0.368. The molecule has 0 spiro atoms. The molecular weight excluding hydrogens is 256 g/mol. The van der Waals surface area contributed by atoms with Gasteiger partial charge in [0.25, 0.3) is 0 Å². The molecule has 112 valence electrons. The first kappa shape index (κ1) is 15.6. The Bertz CT molecular complexity index is 631. The van der Waals surface area contributed by atoms with Crippen LogP contribution in [0.4, 0.5) is 5.69 Å². The van der Waals surface area contributed by atoms with Crippen molar-refractivity contribution < 1.29 is 0 Å². The van der Waals surface area contributed by atoms with Crippen molar-refractivity contribution >= 4 is 5.69 Å². The van der Waals surface area contributed by atoms with Crippen LogP contribution in [0.15, 0.2) is 36.4 Å². The molecule has 0 radical (unpaired) electrons. The van der Waals surface area contributed by atoms with Crippen LogP contribution in [0.25, 0.3) is 0 Å². The van der Waals surface area contributed by atoms with Gasteiger partial charge in [0.1, 0.15) is 0 Å². The van der Waals surface area contributed by atoms with E-state index in [1.807, 2.05) is 0 Å². The van der Waals surface area contributed by atoms with Crippen LogP contribution >= 0.6 is 0 Å². The molecule has 0 amide bonds. The minimum absolute atomic E-state index is 0.0237. The summed E-state index contributed by atoms with van der Waals surface area (Å²) in [7, 11) is 2.11. The first-order valence-electron chi connectivity index (χ1n) is 7.49. The maximum Gasteiger partial charge on any atom is 0.0475 e. The summed E-state index contributed by atoms with van der Waals surface area (Å²) in [6, 6.07) is 13.1. The smallest absolute Gasteiger partial charge is 0.0475 e. The maximum absolute atomic E-state index is 6.44. The van der Waals surface area contributed by atoms with Crippen LogP contribution in [-0.4, -0.2) is 13.6 Å². The molecule has 1 atom stereocenters. The summed E-state index contributed by atoms with van der Waals surface area (Å²) in [4.78, 5) is 2.25. The van der Waals surface area contributed by atoms with Gasteiger partial charge in [-0.1, -0.05) is 41.5 Å². The molecule has 2 rings (SSSR count). The number of aryl methyl sites for hydroxylation is 4. The van der Waals surface area contributed by atoms with Crippen molar-refractivity contribution in [3.8, 4) is 0 Å². The van der Waals surface area contributed by atoms with E-state index in [1.165, 1.54) is 33.5 Å². The van der Waals surface area contributed by atoms with Gasteiger partial charge in [0, 0.05) is 25.3 Å². The highest BCUT2D eigenvalue weighted by molar-refractivity contribution is 5.54. The Hall–Kier alpha value is -1.80. The van der Waals surface area contributed by atoms with E-state index in [9.17, 15) is 0 Å². The quantitative estimate of drug-likeness (QED) is 0.916. The van der Waals surface area contributed by atoms with Gasteiger partial charge in [0.05, 0.1) is 0 Å². The molecule has 2 heteroatoms. The molecule has 0 heterocycles. The summed E-state index contributed by atoms with van der Waals surface area (Å²) >= 11 is 0. The van der Waals surface area contributed by atoms with Crippen molar-refractivity contribution in [2.45, 2.75) is 33.7 Å². The number of hydrogen-bond acceptors (Lipinski definition) is 2. The zero-order valence-electron chi connectivity index (χ0n) is 13.8. The van der Waals surface area contributed by atoms with Gasteiger partial charge in [-0.05, 0) is 50.5 Å². The fourth-order valence-corrected chi connectivity index (χ4v) is 2.88. The lowest BCUT2D eigenvalue weighted by atomic mass is 9.99. The van der Waals surface area contributed by atoms with E-state index in [1.54, 1.807) is 0 Å². The van der Waals surface area contributed by atoms with Crippen molar-refractivity contribution in [3.05, 3.63) is 64.2 Å². The molecule has 21 heavy (non-hydrogen) atoms. The standard InChI is InChI=1S/C19H26N2/c1-13-7-9-19(16(4)10-13)21(5)12-18(20)17-11-14(2)6-8-15(17)3/h6-11,18H,12,20H2,1-5H3. The van der Waals surface area contributed by atoms with Gasteiger partial charge >= 0.3 is 0 Å². The normalized spacial score (nSPS) is 12.3. The number of hydrogen-bond donors (Lipinski definition) is 1. The largest absolute Gasteiger partial charge is 0.372 e. The zero-order chi connectivity index (χ0) is 15.6. The third-order valence-corrected chi connectivity index (χ3v) is 4.07. The Labute approximate surface area is 128 Å². The average Bonchev–Trinajstić information content (AvgIpc) is 2.41. The molecule has 0 bridgehead atoms. The monoisotopic (exact) mass is 282 g/mol. The number of nitrogens with zero attached hydrogens (tertiary/aromatic N) is 1. The molecule has 2 aromatic rings. The van der Waals surface area contributed by atoms with Crippen LogP contribution in [0.5, 0.6) is 0 Å². The summed E-state index contributed by atoms with van der Waals surface area (Å²) in [6.07, 6.45) is 0. The van der Waals surface area contributed by atoms with Crippen LogP contribution in [0.2, 0.25) is 0 Å². The Morgan fingerprint density at radius 3 is 2.19 bits per heavy atom. The van der Waals surface area contributed by atoms with E-state index >= 15 is 0 Å². The third kappa shape index (κ3) is 3.64. The highest BCUT2D eigenvalue weighted by Crippen LogP contribution is 2.23. The van der Waals surface area contributed by atoms with Crippen molar-refractivity contribution in [1.29, 1.82) is 0 Å². The Kier molecular flexibility index (Phi) is 4.69. The van der Waals surface area contributed by atoms with E-state index in [0.29, 0.717) is 0 Å². The molecule has 2 N–H and O–H groups in total. The van der Waals surface area contributed by atoms with Crippen LogP contribution < -0.4 is 10.6 Å². The van der Waals surface area contributed by atoms with Crippen molar-refractivity contribution in [2.24, 2.45) is 5.73 Å². The minimum Gasteiger partial charge on any atom is -0.372 e. The topological polar surface area (TPSA) is 29.3 Å². The van der Waals surface area contributed by atoms with Crippen LogP contribution in [0.1, 0.15) is 33.9 Å². The SMILES string of the molecule is Cc1ccc(N(C)CC(N)c2cc(C)ccc2C)c(C)c1. The summed E-state index contributed by atoms with van der Waals surface area (Å²) in [5, 5.41) is 0.